The molecule has 0 saturated heterocycles. The Morgan fingerprint density at radius 3 is 2.70 bits per heavy atom. The number of benzene rings is 1. The average molecular weight is 411 g/mol. The summed E-state index contributed by atoms with van der Waals surface area (Å²) in [5.41, 5.74) is 1.61. The highest BCUT2D eigenvalue weighted by Crippen LogP contribution is 2.33. The van der Waals surface area contributed by atoms with Crippen LogP contribution in [0.15, 0.2) is 72.4 Å². The van der Waals surface area contributed by atoms with Crippen LogP contribution >= 0.6 is 0 Å². The van der Waals surface area contributed by atoms with Crippen LogP contribution in [0.25, 0.3) is 0 Å². The van der Waals surface area contributed by atoms with E-state index in [4.69, 9.17) is 9.47 Å². The molecule has 1 aromatic rings. The molecule has 4 rings (SSSR count). The second kappa shape index (κ2) is 8.88. The van der Waals surface area contributed by atoms with Gasteiger partial charge in [0.2, 0.25) is 5.91 Å². The fourth-order valence-electron chi connectivity index (χ4n) is 3.46. The molecule has 2 aliphatic carbocycles. The zero-order chi connectivity index (χ0) is 21.1. The first-order valence-electron chi connectivity index (χ1n) is 10.3. The second-order valence-corrected chi connectivity index (χ2v) is 7.99. The maximum atomic E-state index is 13.2. The van der Waals surface area contributed by atoms with E-state index in [2.05, 4.69) is 0 Å². The minimum atomic E-state index is -0.412. The number of carbonyl (C=O) groups excluding carboxylic acids is 1. The average Bonchev–Trinajstić information content (AvgIpc) is 3.57. The van der Waals surface area contributed by atoms with Crippen LogP contribution in [0.2, 0.25) is 0 Å². The molecule has 1 fully saturated rings. The number of rotatable bonds is 7. The molecule has 158 valence electrons. The zero-order valence-electron chi connectivity index (χ0n) is 16.9. The second-order valence-electron chi connectivity index (χ2n) is 7.99. The molecule has 1 saturated carbocycles. The highest BCUT2D eigenvalue weighted by molar-refractivity contribution is 5.96. The van der Waals surface area contributed by atoms with Crippen LogP contribution in [0, 0.1) is 11.8 Å². The van der Waals surface area contributed by atoms with Crippen molar-refractivity contribution in [2.45, 2.75) is 38.4 Å². The highest BCUT2D eigenvalue weighted by Gasteiger charge is 2.30. The summed E-state index contributed by atoms with van der Waals surface area (Å²) >= 11 is 0. The number of ether oxygens (including phenoxy) is 2. The monoisotopic (exact) mass is 411 g/mol. The van der Waals surface area contributed by atoms with Gasteiger partial charge in [0.05, 0.1) is 18.8 Å². The van der Waals surface area contributed by atoms with Crippen molar-refractivity contribution in [1.29, 1.82) is 0 Å². The van der Waals surface area contributed by atoms with Gasteiger partial charge in [-0.3, -0.25) is 9.69 Å². The van der Waals surface area contributed by atoms with Gasteiger partial charge < -0.3 is 14.6 Å². The molecule has 6 heteroatoms. The minimum absolute atomic E-state index is 0.0686. The highest BCUT2D eigenvalue weighted by atomic mass is 19.1. The lowest BCUT2D eigenvalue weighted by molar-refractivity contribution is -0.119. The molecular formula is C24H26FNO4. The van der Waals surface area contributed by atoms with Gasteiger partial charge in [0.1, 0.15) is 24.3 Å². The van der Waals surface area contributed by atoms with Crippen LogP contribution in [0.1, 0.15) is 26.2 Å². The van der Waals surface area contributed by atoms with E-state index in [1.807, 2.05) is 25.1 Å². The van der Waals surface area contributed by atoms with Gasteiger partial charge in [-0.1, -0.05) is 13.0 Å². The molecule has 1 aliphatic heterocycles. The molecule has 1 heterocycles. The van der Waals surface area contributed by atoms with Crippen molar-refractivity contribution in [3.05, 3.63) is 72.4 Å². The molecular weight excluding hydrogens is 385 g/mol. The van der Waals surface area contributed by atoms with Gasteiger partial charge in [-0.25, -0.2) is 4.39 Å². The van der Waals surface area contributed by atoms with Crippen LogP contribution in [0.4, 0.5) is 10.1 Å². The van der Waals surface area contributed by atoms with E-state index in [1.54, 1.807) is 35.6 Å². The Bertz CT molecular complexity index is 898. The number of halogens is 1. The Morgan fingerprint density at radius 2 is 2.03 bits per heavy atom. The number of allylic oxidation sites excluding steroid dienone is 5. The van der Waals surface area contributed by atoms with Crippen LogP contribution < -0.4 is 9.64 Å². The lowest BCUT2D eigenvalue weighted by Gasteiger charge is -2.26. The Labute approximate surface area is 175 Å². The van der Waals surface area contributed by atoms with E-state index in [-0.39, 0.29) is 36.8 Å². The fourth-order valence-corrected chi connectivity index (χ4v) is 3.46. The number of hydrogen-bond donors (Lipinski definition) is 1. The summed E-state index contributed by atoms with van der Waals surface area (Å²) in [6.07, 6.45) is 11.4. The molecule has 5 nitrogen and oxygen atoms in total. The minimum Gasteiger partial charge on any atom is -0.493 e. The molecule has 1 aromatic carbocycles. The smallest absolute Gasteiger partial charge is 0.235 e. The molecule has 3 atom stereocenters. The first-order chi connectivity index (χ1) is 14.5. The van der Waals surface area contributed by atoms with Gasteiger partial charge in [-0.05, 0) is 66.8 Å². The van der Waals surface area contributed by atoms with Gasteiger partial charge in [0.15, 0.2) is 0 Å². The van der Waals surface area contributed by atoms with Crippen LogP contribution in [-0.4, -0.2) is 29.8 Å². The Balaban J connectivity index is 1.32. The van der Waals surface area contributed by atoms with E-state index in [0.717, 1.165) is 24.1 Å². The van der Waals surface area contributed by atoms with Crippen molar-refractivity contribution in [1.82, 2.24) is 0 Å². The van der Waals surface area contributed by atoms with Crippen LogP contribution in [-0.2, 0) is 9.53 Å². The Kier molecular flexibility index (Phi) is 6.04. The third-order valence-electron chi connectivity index (χ3n) is 5.55. The molecule has 3 aliphatic rings. The normalized spacial score (nSPS) is 26.0. The number of amides is 1. The lowest BCUT2D eigenvalue weighted by Crippen LogP contribution is -2.33. The summed E-state index contributed by atoms with van der Waals surface area (Å²) in [5, 5.41) is 9.90. The van der Waals surface area contributed by atoms with Crippen LogP contribution in [0.5, 0.6) is 5.75 Å². The summed E-state index contributed by atoms with van der Waals surface area (Å²) in [5.74, 6) is 0.650. The maximum absolute atomic E-state index is 13.2. The van der Waals surface area contributed by atoms with Crippen molar-refractivity contribution in [2.24, 2.45) is 11.8 Å². The van der Waals surface area contributed by atoms with Crippen molar-refractivity contribution in [3.8, 4) is 5.75 Å². The van der Waals surface area contributed by atoms with E-state index >= 15 is 0 Å². The predicted octanol–water partition coefficient (Wildman–Crippen LogP) is 4.42. The number of aliphatic hydroxyl groups excluding tert-OH is 1. The topological polar surface area (TPSA) is 59.0 Å². The molecule has 30 heavy (non-hydrogen) atoms. The molecule has 1 amide bonds. The molecule has 0 bridgehead atoms. The molecule has 0 radical (unpaired) electrons. The molecule has 3 unspecified atom stereocenters. The lowest BCUT2D eigenvalue weighted by atomic mass is 9.97. The summed E-state index contributed by atoms with van der Waals surface area (Å²) in [6.45, 7) is 2.18. The zero-order valence-corrected chi connectivity index (χ0v) is 16.9. The van der Waals surface area contributed by atoms with Crippen molar-refractivity contribution in [3.63, 3.8) is 0 Å². The maximum Gasteiger partial charge on any atom is 0.235 e. The Hall–Kier alpha value is -2.86. The van der Waals surface area contributed by atoms with Crippen molar-refractivity contribution >= 4 is 11.6 Å². The van der Waals surface area contributed by atoms with E-state index in [9.17, 15) is 14.3 Å². The summed E-state index contributed by atoms with van der Waals surface area (Å²) in [6, 6.07) is 7.23. The number of carbonyl (C=O) groups is 1. The van der Waals surface area contributed by atoms with Gasteiger partial charge in [0.25, 0.3) is 0 Å². The first-order valence-corrected chi connectivity index (χ1v) is 10.3. The fraction of sp³-hybridized carbons (Fsp3) is 0.375. The number of anilines is 1. The Morgan fingerprint density at radius 1 is 1.27 bits per heavy atom. The van der Waals surface area contributed by atoms with Gasteiger partial charge in [-0.15, -0.1) is 0 Å². The third kappa shape index (κ3) is 5.00. The first kappa shape index (κ1) is 20.4. The van der Waals surface area contributed by atoms with E-state index in [1.165, 1.54) is 12.2 Å². The largest absolute Gasteiger partial charge is 0.493 e. The molecule has 0 aromatic heterocycles. The standard InChI is InChI=1S/C24H26FNO4/c1-16-12-19(25)5-4-18(16)14-29-22-10-11-26(24(28)13-22)20-6-8-21(9-7-20)30-15-23(27)17-2-3-17/h4-12,14,16-17,22-23,27H,2-3,13,15H2,1H3. The van der Waals surface area contributed by atoms with Gasteiger partial charge >= 0.3 is 0 Å². The summed E-state index contributed by atoms with van der Waals surface area (Å²) in [7, 11) is 0. The van der Waals surface area contributed by atoms with Crippen LogP contribution in [0.3, 0.4) is 0 Å². The van der Waals surface area contributed by atoms with Crippen molar-refractivity contribution < 1.29 is 23.8 Å². The SMILES string of the molecule is CC1C=C(F)C=CC1=COC1C=CN(c2ccc(OCC(O)C3CC3)cc2)C(=O)C1. The quantitative estimate of drug-likeness (QED) is 0.675. The number of hydrogen-bond acceptors (Lipinski definition) is 4. The summed E-state index contributed by atoms with van der Waals surface area (Å²) < 4.78 is 24.6. The number of aliphatic hydroxyl groups is 1. The molecule has 1 N–H and O–H groups in total. The third-order valence-corrected chi connectivity index (χ3v) is 5.55. The predicted molar refractivity (Wildman–Crippen MR) is 112 cm³/mol. The van der Waals surface area contributed by atoms with E-state index in [0.29, 0.717) is 11.7 Å². The molecule has 0 spiro atoms. The van der Waals surface area contributed by atoms with Gasteiger partial charge in [-0.2, -0.15) is 0 Å². The summed E-state index contributed by atoms with van der Waals surface area (Å²) in [4.78, 5) is 14.2. The van der Waals surface area contributed by atoms with Gasteiger partial charge in [0, 0.05) is 17.8 Å². The van der Waals surface area contributed by atoms with Crippen molar-refractivity contribution in [2.75, 3.05) is 11.5 Å². The number of nitrogens with zero attached hydrogens (tertiary/aromatic N) is 1. The van der Waals surface area contributed by atoms with E-state index < -0.39 is 6.10 Å².